The minimum Gasteiger partial charge on any atom is -0.493 e. The molecule has 1 N–H and O–H groups in total. The molecule has 4 heteroatoms. The zero-order valence-electron chi connectivity index (χ0n) is 17.3. The van der Waals surface area contributed by atoms with Crippen LogP contribution in [0.15, 0.2) is 48.5 Å². The number of hydrogen-bond donors (Lipinski definition) is 1. The molecule has 0 aromatic heterocycles. The second kappa shape index (κ2) is 11.0. The van der Waals surface area contributed by atoms with Crippen LogP contribution in [0.2, 0.25) is 0 Å². The summed E-state index contributed by atoms with van der Waals surface area (Å²) in [5, 5.41) is 0. The first-order valence-corrected chi connectivity index (χ1v) is 10.5. The molecule has 1 heterocycles. The van der Waals surface area contributed by atoms with E-state index in [2.05, 4.69) is 30.3 Å². The second-order valence-electron chi connectivity index (χ2n) is 7.68. The van der Waals surface area contributed by atoms with E-state index in [-0.39, 0.29) is 0 Å². The Morgan fingerprint density at radius 3 is 2.18 bits per heavy atom. The third-order valence-electron chi connectivity index (χ3n) is 5.73. The first-order chi connectivity index (χ1) is 13.8. The Labute approximate surface area is 169 Å². The third kappa shape index (κ3) is 5.90. The fourth-order valence-electron chi connectivity index (χ4n) is 4.10. The van der Waals surface area contributed by atoms with E-state index in [0.29, 0.717) is 12.4 Å². The van der Waals surface area contributed by atoms with E-state index in [0.717, 1.165) is 23.8 Å². The SMILES string of the molecule is COc1cccc(OC)c1OCCCC[NH+]1CCC(Cc2ccccc2)CC1. The van der Waals surface area contributed by atoms with Crippen molar-refractivity contribution in [3.8, 4) is 17.2 Å². The van der Waals surface area contributed by atoms with Gasteiger partial charge in [-0.05, 0) is 55.7 Å². The Kier molecular flexibility index (Phi) is 8.04. The molecule has 0 atom stereocenters. The van der Waals surface area contributed by atoms with Gasteiger partial charge in [0.15, 0.2) is 11.5 Å². The van der Waals surface area contributed by atoms with E-state index in [4.69, 9.17) is 14.2 Å². The average Bonchev–Trinajstić information content (AvgIpc) is 2.75. The predicted molar refractivity (Wildman–Crippen MR) is 113 cm³/mol. The molecule has 1 aliphatic rings. The Hall–Kier alpha value is -2.20. The molecular formula is C24H34NO3+. The van der Waals surface area contributed by atoms with Crippen molar-refractivity contribution < 1.29 is 19.1 Å². The lowest BCUT2D eigenvalue weighted by Crippen LogP contribution is -3.13. The third-order valence-corrected chi connectivity index (χ3v) is 5.73. The maximum atomic E-state index is 5.96. The van der Waals surface area contributed by atoms with Crippen molar-refractivity contribution >= 4 is 0 Å². The zero-order chi connectivity index (χ0) is 19.6. The first-order valence-electron chi connectivity index (χ1n) is 10.5. The van der Waals surface area contributed by atoms with Gasteiger partial charge in [0.2, 0.25) is 5.75 Å². The number of rotatable bonds is 10. The maximum Gasteiger partial charge on any atom is 0.203 e. The van der Waals surface area contributed by atoms with Gasteiger partial charge in [-0.1, -0.05) is 36.4 Å². The summed E-state index contributed by atoms with van der Waals surface area (Å²) in [6.45, 7) is 4.54. The summed E-state index contributed by atoms with van der Waals surface area (Å²) in [5.74, 6) is 3.02. The monoisotopic (exact) mass is 384 g/mol. The highest BCUT2D eigenvalue weighted by Crippen LogP contribution is 2.36. The predicted octanol–water partition coefficient (Wildman–Crippen LogP) is 3.40. The number of quaternary nitrogens is 1. The van der Waals surface area contributed by atoms with Crippen LogP contribution in [0.3, 0.4) is 0 Å². The van der Waals surface area contributed by atoms with Gasteiger partial charge in [-0.3, -0.25) is 0 Å². The molecule has 2 aromatic carbocycles. The number of methoxy groups -OCH3 is 2. The summed E-state index contributed by atoms with van der Waals surface area (Å²) in [6.07, 6.45) is 6.18. The number of hydrogen-bond acceptors (Lipinski definition) is 3. The topological polar surface area (TPSA) is 32.1 Å². The highest BCUT2D eigenvalue weighted by atomic mass is 16.5. The molecule has 0 radical (unpaired) electrons. The second-order valence-corrected chi connectivity index (χ2v) is 7.68. The molecule has 0 spiro atoms. The van der Waals surface area contributed by atoms with E-state index in [9.17, 15) is 0 Å². The van der Waals surface area contributed by atoms with Crippen molar-refractivity contribution in [3.05, 3.63) is 54.1 Å². The summed E-state index contributed by atoms with van der Waals surface area (Å²) in [4.78, 5) is 1.75. The van der Waals surface area contributed by atoms with E-state index >= 15 is 0 Å². The van der Waals surface area contributed by atoms with E-state index in [1.807, 2.05) is 18.2 Å². The smallest absolute Gasteiger partial charge is 0.203 e. The van der Waals surface area contributed by atoms with Crippen LogP contribution in [0.25, 0.3) is 0 Å². The summed E-state index contributed by atoms with van der Waals surface area (Å²) in [7, 11) is 3.32. The molecular weight excluding hydrogens is 350 g/mol. The molecule has 4 nitrogen and oxygen atoms in total. The molecule has 28 heavy (non-hydrogen) atoms. The number of unbranched alkanes of at least 4 members (excludes halogenated alkanes) is 1. The van der Waals surface area contributed by atoms with Crippen LogP contribution in [-0.2, 0) is 6.42 Å². The molecule has 3 rings (SSSR count). The van der Waals surface area contributed by atoms with Crippen molar-refractivity contribution in [2.45, 2.75) is 32.1 Å². The first kappa shape index (κ1) is 20.5. The molecule has 0 amide bonds. The molecule has 0 bridgehead atoms. The molecule has 0 aliphatic carbocycles. The normalized spacial score (nSPS) is 19.2. The van der Waals surface area contributed by atoms with E-state index in [1.165, 1.54) is 50.9 Å². The number of nitrogens with one attached hydrogen (secondary N) is 1. The molecule has 152 valence electrons. The average molecular weight is 385 g/mol. The minimum atomic E-state index is 0.695. The highest BCUT2D eigenvalue weighted by Gasteiger charge is 2.21. The number of ether oxygens (including phenoxy) is 3. The fourth-order valence-corrected chi connectivity index (χ4v) is 4.10. The van der Waals surface area contributed by atoms with E-state index in [1.54, 1.807) is 19.1 Å². The van der Waals surface area contributed by atoms with Crippen molar-refractivity contribution in [3.63, 3.8) is 0 Å². The number of benzene rings is 2. The van der Waals surface area contributed by atoms with Gasteiger partial charge >= 0.3 is 0 Å². The van der Waals surface area contributed by atoms with Crippen LogP contribution in [0.4, 0.5) is 0 Å². The van der Waals surface area contributed by atoms with Gasteiger partial charge in [0.25, 0.3) is 0 Å². The maximum absolute atomic E-state index is 5.96. The van der Waals surface area contributed by atoms with Crippen LogP contribution in [0.5, 0.6) is 17.2 Å². The molecule has 0 unspecified atom stereocenters. The molecule has 1 fully saturated rings. The Morgan fingerprint density at radius 2 is 1.54 bits per heavy atom. The van der Waals surface area contributed by atoms with Gasteiger partial charge in [0.05, 0.1) is 40.5 Å². The molecule has 2 aromatic rings. The Bertz CT molecular complexity index is 674. The zero-order valence-corrected chi connectivity index (χ0v) is 17.3. The van der Waals surface area contributed by atoms with Crippen LogP contribution in [0, 0.1) is 5.92 Å². The molecule has 0 saturated carbocycles. The quantitative estimate of drug-likeness (QED) is 0.637. The standard InChI is InChI=1S/C24H33NO3/c1-26-22-11-8-12-23(27-2)24(22)28-18-7-6-15-25-16-13-21(14-17-25)19-20-9-4-3-5-10-20/h3-5,8-12,21H,6-7,13-19H2,1-2H3/p+1. The van der Waals surface area contributed by atoms with Crippen LogP contribution >= 0.6 is 0 Å². The van der Waals surface area contributed by atoms with Gasteiger partial charge in [0.1, 0.15) is 0 Å². The number of para-hydroxylation sites is 1. The molecule has 1 saturated heterocycles. The Balaban J connectivity index is 1.33. The van der Waals surface area contributed by atoms with Crippen molar-refractivity contribution in [1.29, 1.82) is 0 Å². The lowest BCUT2D eigenvalue weighted by molar-refractivity contribution is -0.906. The van der Waals surface area contributed by atoms with Gasteiger partial charge in [-0.2, -0.15) is 0 Å². The largest absolute Gasteiger partial charge is 0.493 e. The fraction of sp³-hybridized carbons (Fsp3) is 0.500. The van der Waals surface area contributed by atoms with Gasteiger partial charge in [-0.25, -0.2) is 0 Å². The lowest BCUT2D eigenvalue weighted by atomic mass is 9.90. The summed E-state index contributed by atoms with van der Waals surface area (Å²) in [6, 6.07) is 16.6. The Morgan fingerprint density at radius 1 is 0.857 bits per heavy atom. The minimum absolute atomic E-state index is 0.695. The van der Waals surface area contributed by atoms with Crippen LogP contribution in [0.1, 0.15) is 31.2 Å². The summed E-state index contributed by atoms with van der Waals surface area (Å²) < 4.78 is 16.7. The van der Waals surface area contributed by atoms with Crippen LogP contribution in [-0.4, -0.2) is 40.5 Å². The van der Waals surface area contributed by atoms with Crippen molar-refractivity contribution in [2.24, 2.45) is 5.92 Å². The van der Waals surface area contributed by atoms with Gasteiger partial charge in [-0.15, -0.1) is 0 Å². The van der Waals surface area contributed by atoms with Gasteiger partial charge in [0, 0.05) is 0 Å². The summed E-state index contributed by atoms with van der Waals surface area (Å²) in [5.41, 5.74) is 1.49. The van der Waals surface area contributed by atoms with Crippen LogP contribution < -0.4 is 19.1 Å². The number of likely N-dealkylation sites (tertiary alicyclic amines) is 1. The molecule has 1 aliphatic heterocycles. The lowest BCUT2D eigenvalue weighted by Gasteiger charge is -2.29. The van der Waals surface area contributed by atoms with E-state index < -0.39 is 0 Å². The number of piperidine rings is 1. The van der Waals surface area contributed by atoms with Gasteiger partial charge < -0.3 is 19.1 Å². The highest BCUT2D eigenvalue weighted by molar-refractivity contribution is 5.51. The summed E-state index contributed by atoms with van der Waals surface area (Å²) >= 11 is 0. The van der Waals surface area contributed by atoms with Crippen molar-refractivity contribution in [2.75, 3.05) is 40.5 Å². The van der Waals surface area contributed by atoms with Crippen molar-refractivity contribution in [1.82, 2.24) is 0 Å².